The normalized spacial score (nSPS) is 11.8. The molecule has 0 saturated carbocycles. The van der Waals surface area contributed by atoms with Crippen LogP contribution in [-0.2, 0) is 5.54 Å². The predicted molar refractivity (Wildman–Crippen MR) is 50.8 cm³/mol. The monoisotopic (exact) mass is 181 g/mol. The van der Waals surface area contributed by atoms with E-state index in [1.54, 1.807) is 18.5 Å². The zero-order chi connectivity index (χ0) is 10.2. The second kappa shape index (κ2) is 2.94. The molecule has 0 aliphatic rings. The van der Waals surface area contributed by atoms with Gasteiger partial charge in [0.15, 0.2) is 0 Å². The van der Waals surface area contributed by atoms with E-state index in [1.165, 1.54) is 0 Å². The molecule has 4 heteroatoms. The van der Waals surface area contributed by atoms with E-state index < -0.39 is 0 Å². The summed E-state index contributed by atoms with van der Waals surface area (Å²) < 4.78 is 1.77. The Balaban J connectivity index is 3.41. The molecule has 0 N–H and O–H groups in total. The lowest BCUT2D eigenvalue weighted by Gasteiger charge is -2.23. The number of aromatic nitrogens is 3. The molecule has 4 nitrogen and oxygen atoms in total. The lowest BCUT2D eigenvalue weighted by atomic mass is 10.1. The van der Waals surface area contributed by atoms with Crippen molar-refractivity contribution in [2.75, 3.05) is 0 Å². The van der Waals surface area contributed by atoms with Gasteiger partial charge in [0.25, 0.3) is 5.56 Å². The van der Waals surface area contributed by atoms with Crippen molar-refractivity contribution < 1.29 is 0 Å². The Hall–Kier alpha value is -1.19. The van der Waals surface area contributed by atoms with Gasteiger partial charge >= 0.3 is 0 Å². The Bertz CT molecular complexity index is 373. The van der Waals surface area contributed by atoms with Crippen LogP contribution in [0.15, 0.2) is 4.79 Å². The molecule has 0 saturated heterocycles. The highest BCUT2D eigenvalue weighted by Gasteiger charge is 2.16. The molecule has 0 fully saturated rings. The van der Waals surface area contributed by atoms with E-state index in [4.69, 9.17) is 0 Å². The van der Waals surface area contributed by atoms with Crippen molar-refractivity contribution in [2.24, 2.45) is 0 Å². The van der Waals surface area contributed by atoms with Crippen molar-refractivity contribution in [1.29, 1.82) is 0 Å². The molecule has 1 heterocycles. The summed E-state index contributed by atoms with van der Waals surface area (Å²) in [6.07, 6.45) is 0. The van der Waals surface area contributed by atoms with Gasteiger partial charge < -0.3 is 0 Å². The van der Waals surface area contributed by atoms with Gasteiger partial charge in [-0.25, -0.2) is 4.68 Å². The van der Waals surface area contributed by atoms with Crippen LogP contribution in [0.2, 0.25) is 0 Å². The molecule has 1 aromatic rings. The summed E-state index contributed by atoms with van der Waals surface area (Å²) in [6.45, 7) is 9.55. The van der Waals surface area contributed by atoms with E-state index in [9.17, 15) is 4.79 Å². The molecule has 0 amide bonds. The van der Waals surface area contributed by atoms with Crippen LogP contribution in [-0.4, -0.2) is 14.8 Å². The van der Waals surface area contributed by atoms with Crippen LogP contribution in [0.3, 0.4) is 0 Å². The highest BCUT2D eigenvalue weighted by Crippen LogP contribution is 2.12. The minimum Gasteiger partial charge on any atom is -0.265 e. The van der Waals surface area contributed by atoms with Gasteiger partial charge in [0, 0.05) is 0 Å². The van der Waals surface area contributed by atoms with E-state index in [1.807, 2.05) is 20.8 Å². The quantitative estimate of drug-likeness (QED) is 0.600. The summed E-state index contributed by atoms with van der Waals surface area (Å²) in [5.41, 5.74) is 0.0775. The standard InChI is InChI=1S/C9H15N3O/c1-6-8(13)10-7(2)12(11-6)9(3,4)5/h1-5H3. The Labute approximate surface area is 77.6 Å². The zero-order valence-electron chi connectivity index (χ0n) is 8.75. The Morgan fingerprint density at radius 1 is 1.23 bits per heavy atom. The van der Waals surface area contributed by atoms with Crippen LogP contribution in [0.1, 0.15) is 32.3 Å². The molecule has 1 rings (SSSR count). The SMILES string of the molecule is Cc1nn(C(C)(C)C)c(C)nc1=O. The van der Waals surface area contributed by atoms with Gasteiger partial charge in [0.05, 0.1) is 5.54 Å². The molecule has 0 unspecified atom stereocenters. The summed E-state index contributed by atoms with van der Waals surface area (Å²) in [7, 11) is 0. The molecule has 0 spiro atoms. The Morgan fingerprint density at radius 2 is 1.77 bits per heavy atom. The molecular formula is C9H15N3O. The molecule has 0 radical (unpaired) electrons. The van der Waals surface area contributed by atoms with Gasteiger partial charge in [-0.15, -0.1) is 0 Å². The third-order valence-electron chi connectivity index (χ3n) is 1.76. The van der Waals surface area contributed by atoms with Crippen LogP contribution < -0.4 is 5.56 Å². The van der Waals surface area contributed by atoms with Gasteiger partial charge in [-0.05, 0) is 34.6 Å². The van der Waals surface area contributed by atoms with E-state index in [-0.39, 0.29) is 11.1 Å². The minimum absolute atomic E-state index is 0.129. The zero-order valence-corrected chi connectivity index (χ0v) is 8.75. The third kappa shape index (κ3) is 1.94. The molecule has 72 valence electrons. The number of nitrogens with zero attached hydrogens (tertiary/aromatic N) is 3. The van der Waals surface area contributed by atoms with Crippen LogP contribution in [0, 0.1) is 13.8 Å². The van der Waals surface area contributed by atoms with Crippen molar-refractivity contribution >= 4 is 0 Å². The fourth-order valence-electron chi connectivity index (χ4n) is 1.18. The van der Waals surface area contributed by atoms with Crippen molar-refractivity contribution in [3.05, 3.63) is 21.9 Å². The topological polar surface area (TPSA) is 47.8 Å². The second-order valence-corrected chi connectivity index (χ2v) is 4.13. The van der Waals surface area contributed by atoms with Gasteiger partial charge in [0.1, 0.15) is 11.5 Å². The largest absolute Gasteiger partial charge is 0.294 e. The Kier molecular flexibility index (Phi) is 2.24. The summed E-state index contributed by atoms with van der Waals surface area (Å²) in [5.74, 6) is 0.656. The molecule has 0 aliphatic carbocycles. The van der Waals surface area contributed by atoms with Crippen molar-refractivity contribution in [1.82, 2.24) is 14.8 Å². The Morgan fingerprint density at radius 3 is 2.23 bits per heavy atom. The molecule has 0 bridgehead atoms. The summed E-state index contributed by atoms with van der Waals surface area (Å²) in [4.78, 5) is 15.0. The van der Waals surface area contributed by atoms with Crippen molar-refractivity contribution in [3.8, 4) is 0 Å². The smallest absolute Gasteiger partial charge is 0.265 e. The first-order chi connectivity index (χ1) is 5.82. The summed E-state index contributed by atoms with van der Waals surface area (Å²) in [5, 5.41) is 4.19. The lowest BCUT2D eigenvalue weighted by molar-refractivity contribution is 0.329. The number of hydrogen-bond acceptors (Lipinski definition) is 3. The van der Waals surface area contributed by atoms with Crippen LogP contribution in [0.25, 0.3) is 0 Å². The highest BCUT2D eigenvalue weighted by molar-refractivity contribution is 4.95. The van der Waals surface area contributed by atoms with Crippen molar-refractivity contribution in [2.45, 2.75) is 40.2 Å². The maximum absolute atomic E-state index is 11.1. The lowest BCUT2D eigenvalue weighted by Crippen LogP contribution is -2.32. The number of hydrogen-bond donors (Lipinski definition) is 0. The minimum atomic E-state index is -0.238. The van der Waals surface area contributed by atoms with E-state index in [0.717, 1.165) is 0 Å². The van der Waals surface area contributed by atoms with E-state index in [2.05, 4.69) is 10.1 Å². The van der Waals surface area contributed by atoms with E-state index in [0.29, 0.717) is 11.5 Å². The fraction of sp³-hybridized carbons (Fsp3) is 0.667. The highest BCUT2D eigenvalue weighted by atomic mass is 16.1. The maximum Gasteiger partial charge on any atom is 0.294 e. The summed E-state index contributed by atoms with van der Waals surface area (Å²) >= 11 is 0. The van der Waals surface area contributed by atoms with Gasteiger partial charge in [-0.1, -0.05) is 0 Å². The molecule has 1 aromatic heterocycles. The first-order valence-electron chi connectivity index (χ1n) is 4.27. The molecule has 0 aliphatic heterocycles. The number of rotatable bonds is 0. The second-order valence-electron chi connectivity index (χ2n) is 4.13. The third-order valence-corrected chi connectivity index (χ3v) is 1.76. The molecular weight excluding hydrogens is 166 g/mol. The fourth-order valence-corrected chi connectivity index (χ4v) is 1.18. The number of aryl methyl sites for hydroxylation is 2. The molecule has 0 aromatic carbocycles. The maximum atomic E-state index is 11.1. The first-order valence-corrected chi connectivity index (χ1v) is 4.27. The van der Waals surface area contributed by atoms with Gasteiger partial charge in [0.2, 0.25) is 0 Å². The average Bonchev–Trinajstić information content (AvgIpc) is 1.94. The van der Waals surface area contributed by atoms with Gasteiger partial charge in [-0.2, -0.15) is 10.1 Å². The first kappa shape index (κ1) is 9.89. The summed E-state index contributed by atoms with van der Waals surface area (Å²) in [6, 6.07) is 0. The van der Waals surface area contributed by atoms with Crippen LogP contribution >= 0.6 is 0 Å². The van der Waals surface area contributed by atoms with Gasteiger partial charge in [-0.3, -0.25) is 4.79 Å². The van der Waals surface area contributed by atoms with Crippen molar-refractivity contribution in [3.63, 3.8) is 0 Å². The average molecular weight is 181 g/mol. The predicted octanol–water partition coefficient (Wildman–Crippen LogP) is 1.01. The molecule has 13 heavy (non-hydrogen) atoms. The molecule has 0 atom stereocenters. The van der Waals surface area contributed by atoms with Crippen LogP contribution in [0.5, 0.6) is 0 Å². The van der Waals surface area contributed by atoms with E-state index >= 15 is 0 Å². The van der Waals surface area contributed by atoms with Crippen LogP contribution in [0.4, 0.5) is 0 Å².